The third-order valence-electron chi connectivity index (χ3n) is 4.17. The molecule has 0 radical (unpaired) electrons. The average Bonchev–Trinajstić information content (AvgIpc) is 2.95. The Labute approximate surface area is 160 Å². The van der Waals surface area contributed by atoms with Crippen molar-refractivity contribution in [1.29, 1.82) is 0 Å². The maximum Gasteiger partial charge on any atom is 0.337 e. The minimum Gasteiger partial charge on any atom is -0.465 e. The SMILES string of the molecule is COC(=O)c1ccc(SCC(=O)CCN2C(=O)c3ccccc3C2=O)cc1. The molecule has 0 fully saturated rings. The number of amides is 2. The van der Waals surface area contributed by atoms with Gasteiger partial charge in [0.1, 0.15) is 5.78 Å². The minimum atomic E-state index is -0.413. The van der Waals surface area contributed by atoms with Crippen molar-refractivity contribution in [3.05, 3.63) is 65.2 Å². The fraction of sp³-hybridized carbons (Fsp3) is 0.200. The van der Waals surface area contributed by atoms with Gasteiger partial charge in [0.25, 0.3) is 11.8 Å². The van der Waals surface area contributed by atoms with Crippen molar-refractivity contribution in [2.24, 2.45) is 0 Å². The van der Waals surface area contributed by atoms with Crippen LogP contribution in [0.15, 0.2) is 53.4 Å². The van der Waals surface area contributed by atoms with E-state index < -0.39 is 5.97 Å². The number of esters is 1. The molecular weight excluding hydrogens is 366 g/mol. The number of fused-ring (bicyclic) bond motifs is 1. The molecule has 6 nitrogen and oxygen atoms in total. The summed E-state index contributed by atoms with van der Waals surface area (Å²) >= 11 is 1.34. The summed E-state index contributed by atoms with van der Waals surface area (Å²) in [6.45, 7) is 0.0764. The molecule has 2 aromatic rings. The van der Waals surface area contributed by atoms with Gasteiger partial charge >= 0.3 is 5.97 Å². The van der Waals surface area contributed by atoms with E-state index in [0.29, 0.717) is 16.7 Å². The van der Waals surface area contributed by atoms with Crippen LogP contribution in [0.5, 0.6) is 0 Å². The lowest BCUT2D eigenvalue weighted by Crippen LogP contribution is -2.32. The molecule has 0 aliphatic carbocycles. The standard InChI is InChI=1S/C20H17NO5S/c1-26-20(25)13-6-8-15(9-7-13)27-12-14(22)10-11-21-18(23)16-4-2-3-5-17(16)19(21)24/h2-9H,10-12H2,1H3. The first-order chi connectivity index (χ1) is 13.0. The van der Waals surface area contributed by atoms with Crippen molar-refractivity contribution in [2.75, 3.05) is 19.4 Å². The van der Waals surface area contributed by atoms with E-state index in [0.717, 1.165) is 9.80 Å². The third kappa shape index (κ3) is 4.09. The van der Waals surface area contributed by atoms with Crippen LogP contribution in [-0.2, 0) is 9.53 Å². The number of methoxy groups -OCH3 is 1. The van der Waals surface area contributed by atoms with Crippen LogP contribution in [0.25, 0.3) is 0 Å². The van der Waals surface area contributed by atoms with E-state index in [1.54, 1.807) is 48.5 Å². The monoisotopic (exact) mass is 383 g/mol. The molecule has 0 saturated heterocycles. The number of thioether (sulfide) groups is 1. The lowest BCUT2D eigenvalue weighted by molar-refractivity contribution is -0.116. The highest BCUT2D eigenvalue weighted by molar-refractivity contribution is 8.00. The Bertz CT molecular complexity index is 872. The zero-order valence-corrected chi connectivity index (χ0v) is 15.5. The molecule has 3 rings (SSSR count). The van der Waals surface area contributed by atoms with Gasteiger partial charge in [0, 0.05) is 17.9 Å². The van der Waals surface area contributed by atoms with E-state index in [9.17, 15) is 19.2 Å². The topological polar surface area (TPSA) is 80.8 Å². The van der Waals surface area contributed by atoms with E-state index in [2.05, 4.69) is 4.74 Å². The highest BCUT2D eigenvalue weighted by Gasteiger charge is 2.34. The van der Waals surface area contributed by atoms with Crippen molar-refractivity contribution in [2.45, 2.75) is 11.3 Å². The summed E-state index contributed by atoms with van der Waals surface area (Å²) in [5.74, 6) is -0.957. The van der Waals surface area contributed by atoms with Gasteiger partial charge in [-0.1, -0.05) is 12.1 Å². The van der Waals surface area contributed by atoms with Crippen molar-refractivity contribution in [3.63, 3.8) is 0 Å². The van der Waals surface area contributed by atoms with Gasteiger partial charge in [-0.25, -0.2) is 4.79 Å². The first-order valence-electron chi connectivity index (χ1n) is 8.29. The first kappa shape index (κ1) is 18.8. The molecule has 0 atom stereocenters. The van der Waals surface area contributed by atoms with Gasteiger partial charge in [0.15, 0.2) is 0 Å². The number of hydrogen-bond donors (Lipinski definition) is 0. The maximum atomic E-state index is 12.3. The molecule has 1 aliphatic heterocycles. The van der Waals surface area contributed by atoms with Gasteiger partial charge in [-0.3, -0.25) is 19.3 Å². The molecule has 1 heterocycles. The van der Waals surface area contributed by atoms with E-state index in [4.69, 9.17) is 0 Å². The molecule has 2 amide bonds. The number of hydrogen-bond acceptors (Lipinski definition) is 6. The third-order valence-corrected chi connectivity index (χ3v) is 5.24. The highest BCUT2D eigenvalue weighted by atomic mass is 32.2. The summed E-state index contributed by atoms with van der Waals surface area (Å²) in [6.07, 6.45) is 0.110. The zero-order chi connectivity index (χ0) is 19.4. The largest absolute Gasteiger partial charge is 0.465 e. The van der Waals surface area contributed by atoms with Crippen LogP contribution in [-0.4, -0.2) is 47.9 Å². The molecule has 0 spiro atoms. The summed E-state index contributed by atoms with van der Waals surface area (Å²) in [5.41, 5.74) is 1.21. The summed E-state index contributed by atoms with van der Waals surface area (Å²) in [6, 6.07) is 13.4. The molecule has 0 N–H and O–H groups in total. The summed E-state index contributed by atoms with van der Waals surface area (Å²) in [5, 5.41) is 0. The smallest absolute Gasteiger partial charge is 0.337 e. The number of rotatable bonds is 7. The summed E-state index contributed by atoms with van der Waals surface area (Å²) < 4.78 is 4.64. The number of carbonyl (C=O) groups is 4. The number of nitrogens with zero attached hydrogens (tertiary/aromatic N) is 1. The van der Waals surface area contributed by atoms with E-state index in [-0.39, 0.29) is 36.3 Å². The average molecular weight is 383 g/mol. The van der Waals surface area contributed by atoms with E-state index in [1.165, 1.54) is 18.9 Å². The molecule has 0 saturated carbocycles. The minimum absolute atomic E-state index is 0.0615. The molecule has 0 unspecified atom stereocenters. The van der Waals surface area contributed by atoms with Crippen molar-refractivity contribution in [3.8, 4) is 0 Å². The van der Waals surface area contributed by atoms with Gasteiger partial charge in [0.2, 0.25) is 0 Å². The number of ether oxygens (including phenoxy) is 1. The van der Waals surface area contributed by atoms with Gasteiger partial charge in [-0.2, -0.15) is 0 Å². The fourth-order valence-electron chi connectivity index (χ4n) is 2.72. The van der Waals surface area contributed by atoms with Gasteiger partial charge in [0.05, 0.1) is 29.6 Å². The Hall–Kier alpha value is -2.93. The lowest BCUT2D eigenvalue weighted by atomic mass is 10.1. The van der Waals surface area contributed by atoms with Crippen LogP contribution < -0.4 is 0 Å². The Morgan fingerprint density at radius 1 is 0.963 bits per heavy atom. The van der Waals surface area contributed by atoms with Crippen molar-refractivity contribution < 1.29 is 23.9 Å². The molecule has 138 valence electrons. The summed E-state index contributed by atoms with van der Waals surface area (Å²) in [4.78, 5) is 50.0. The van der Waals surface area contributed by atoms with E-state index >= 15 is 0 Å². The summed E-state index contributed by atoms with van der Waals surface area (Å²) in [7, 11) is 1.32. The highest BCUT2D eigenvalue weighted by Crippen LogP contribution is 2.23. The van der Waals surface area contributed by atoms with Gasteiger partial charge < -0.3 is 4.74 Å². The van der Waals surface area contributed by atoms with Crippen LogP contribution in [0.1, 0.15) is 37.5 Å². The molecular formula is C20H17NO5S. The van der Waals surface area contributed by atoms with Crippen molar-refractivity contribution in [1.82, 2.24) is 4.90 Å². The van der Waals surface area contributed by atoms with Crippen LogP contribution >= 0.6 is 11.8 Å². The van der Waals surface area contributed by atoms with E-state index in [1.807, 2.05) is 0 Å². The molecule has 0 bridgehead atoms. The molecule has 1 aliphatic rings. The van der Waals surface area contributed by atoms with Crippen LogP contribution in [0.3, 0.4) is 0 Å². The number of ketones is 1. The normalized spacial score (nSPS) is 12.9. The predicted molar refractivity (Wildman–Crippen MR) is 99.9 cm³/mol. The predicted octanol–water partition coefficient (Wildman–Crippen LogP) is 2.82. The molecule has 2 aromatic carbocycles. The number of imide groups is 1. The lowest BCUT2D eigenvalue weighted by Gasteiger charge is -2.12. The van der Waals surface area contributed by atoms with Crippen LogP contribution in [0, 0.1) is 0 Å². The Morgan fingerprint density at radius 3 is 2.11 bits per heavy atom. The first-order valence-corrected chi connectivity index (χ1v) is 9.28. The molecule has 7 heteroatoms. The second-order valence-corrected chi connectivity index (χ2v) is 6.95. The number of carbonyl (C=O) groups excluding carboxylic acids is 4. The molecule has 0 aromatic heterocycles. The number of Topliss-reactive ketones (excluding diaryl/α,β-unsaturated/α-hetero) is 1. The fourth-order valence-corrected chi connectivity index (χ4v) is 3.52. The Morgan fingerprint density at radius 2 is 1.56 bits per heavy atom. The van der Waals surface area contributed by atoms with Crippen LogP contribution in [0.2, 0.25) is 0 Å². The van der Waals surface area contributed by atoms with Gasteiger partial charge in [-0.15, -0.1) is 11.8 Å². The maximum absolute atomic E-state index is 12.3. The Balaban J connectivity index is 1.50. The quantitative estimate of drug-likeness (QED) is 0.415. The zero-order valence-electron chi connectivity index (χ0n) is 14.6. The second-order valence-electron chi connectivity index (χ2n) is 5.90. The van der Waals surface area contributed by atoms with Crippen molar-refractivity contribution >= 4 is 35.3 Å². The Kier molecular flexibility index (Phi) is 5.71. The second kappa shape index (κ2) is 8.18. The van der Waals surface area contributed by atoms with Crippen LogP contribution in [0.4, 0.5) is 0 Å². The number of benzene rings is 2. The van der Waals surface area contributed by atoms with Gasteiger partial charge in [-0.05, 0) is 36.4 Å². The molecule has 27 heavy (non-hydrogen) atoms.